The first-order chi connectivity index (χ1) is 12.8. The Hall–Kier alpha value is -1.65. The van der Waals surface area contributed by atoms with Crippen LogP contribution in [0.15, 0.2) is 12.7 Å². The predicted octanol–water partition coefficient (Wildman–Crippen LogP) is 6.07. The second-order valence-electron chi connectivity index (χ2n) is 7.36. The number of aromatic amines is 1. The van der Waals surface area contributed by atoms with Crippen LogP contribution in [0, 0.1) is 5.92 Å². The second kappa shape index (κ2) is 12.7. The summed E-state index contributed by atoms with van der Waals surface area (Å²) in [6, 6.07) is 0. The zero-order valence-electron chi connectivity index (χ0n) is 16.7. The Morgan fingerprint density at radius 3 is 2.23 bits per heavy atom. The van der Waals surface area contributed by atoms with Crippen molar-refractivity contribution >= 4 is 11.2 Å². The molecule has 2 aromatic heterocycles. The van der Waals surface area contributed by atoms with Gasteiger partial charge in [-0.3, -0.25) is 0 Å². The number of unbranched alkanes of at least 4 members (excludes halogenated alkanes) is 8. The highest BCUT2D eigenvalue weighted by atomic mass is 16.5. The van der Waals surface area contributed by atoms with Gasteiger partial charge in [-0.25, -0.2) is 9.97 Å². The van der Waals surface area contributed by atoms with Gasteiger partial charge in [0, 0.05) is 0 Å². The largest absolute Gasteiger partial charge is 0.476 e. The van der Waals surface area contributed by atoms with Gasteiger partial charge >= 0.3 is 0 Å². The number of nitrogens with one attached hydrogen (secondary N) is 1. The number of imidazole rings is 1. The lowest BCUT2D eigenvalue weighted by atomic mass is 9.95. The molecule has 26 heavy (non-hydrogen) atoms. The lowest BCUT2D eigenvalue weighted by Crippen LogP contribution is -2.13. The average Bonchev–Trinajstić information content (AvgIpc) is 3.14. The summed E-state index contributed by atoms with van der Waals surface area (Å²) in [6.45, 7) is 5.28. The molecule has 2 rings (SSSR count). The van der Waals surface area contributed by atoms with Crippen LogP contribution in [-0.4, -0.2) is 26.5 Å². The molecule has 0 amide bonds. The molecule has 0 aliphatic carbocycles. The Kier molecular flexibility index (Phi) is 10.1. The number of fused-ring (bicyclic) bond motifs is 1. The summed E-state index contributed by atoms with van der Waals surface area (Å²) in [5.74, 6) is 1.25. The van der Waals surface area contributed by atoms with Crippen molar-refractivity contribution in [2.45, 2.75) is 90.9 Å². The molecular formula is C21H36N4O. The van der Waals surface area contributed by atoms with E-state index in [1.807, 2.05) is 0 Å². The van der Waals surface area contributed by atoms with Crippen molar-refractivity contribution in [2.24, 2.45) is 5.92 Å². The molecular weight excluding hydrogens is 324 g/mol. The quantitative estimate of drug-likeness (QED) is 0.392. The molecule has 0 aliphatic rings. The van der Waals surface area contributed by atoms with Gasteiger partial charge in [-0.1, -0.05) is 78.1 Å². The molecule has 0 bridgehead atoms. The van der Waals surface area contributed by atoms with Gasteiger partial charge in [0.15, 0.2) is 5.65 Å². The number of nitrogens with zero attached hydrogens (tertiary/aromatic N) is 3. The van der Waals surface area contributed by atoms with Crippen LogP contribution < -0.4 is 4.74 Å². The smallest absolute Gasteiger partial charge is 0.243 e. The van der Waals surface area contributed by atoms with Crippen LogP contribution in [0.3, 0.4) is 0 Å². The molecule has 0 spiro atoms. The number of hydrogen-bond donors (Lipinski definition) is 1. The van der Waals surface area contributed by atoms with Crippen molar-refractivity contribution in [1.82, 2.24) is 19.9 Å². The fraction of sp³-hybridized carbons (Fsp3) is 0.762. The first-order valence-electron chi connectivity index (χ1n) is 10.6. The van der Waals surface area contributed by atoms with Crippen LogP contribution >= 0.6 is 0 Å². The lowest BCUT2D eigenvalue weighted by Gasteiger charge is -2.17. The van der Waals surface area contributed by atoms with Crippen molar-refractivity contribution in [3.63, 3.8) is 0 Å². The molecule has 5 nitrogen and oxygen atoms in total. The lowest BCUT2D eigenvalue weighted by molar-refractivity contribution is 0.219. The normalized spacial score (nSPS) is 12.5. The van der Waals surface area contributed by atoms with E-state index in [4.69, 9.17) is 4.74 Å². The third-order valence-electron chi connectivity index (χ3n) is 5.08. The van der Waals surface area contributed by atoms with Crippen molar-refractivity contribution in [3.05, 3.63) is 12.7 Å². The van der Waals surface area contributed by atoms with Crippen molar-refractivity contribution in [1.29, 1.82) is 0 Å². The standard InChI is InChI=1S/C21H36N4O/c1-3-5-7-9-10-12-14-18(13-11-8-6-4-2)15-26-21-19-20(23-16-22-19)24-17-25-21/h16-18H,3-15H2,1-2H3,(H,22,23,24,25). The summed E-state index contributed by atoms with van der Waals surface area (Å²) in [5, 5.41) is 0. The summed E-state index contributed by atoms with van der Waals surface area (Å²) in [7, 11) is 0. The zero-order valence-corrected chi connectivity index (χ0v) is 16.7. The summed E-state index contributed by atoms with van der Waals surface area (Å²) in [4.78, 5) is 15.7. The zero-order chi connectivity index (χ0) is 18.5. The number of rotatable bonds is 15. The van der Waals surface area contributed by atoms with E-state index >= 15 is 0 Å². The molecule has 0 radical (unpaired) electrons. The highest BCUT2D eigenvalue weighted by Gasteiger charge is 2.13. The predicted molar refractivity (Wildman–Crippen MR) is 107 cm³/mol. The maximum Gasteiger partial charge on any atom is 0.243 e. The molecule has 146 valence electrons. The molecule has 0 fully saturated rings. The highest BCUT2D eigenvalue weighted by molar-refractivity contribution is 5.74. The molecule has 0 saturated heterocycles. The molecule has 1 N–H and O–H groups in total. The molecule has 5 heteroatoms. The number of aromatic nitrogens is 4. The van der Waals surface area contributed by atoms with Crippen molar-refractivity contribution in [3.8, 4) is 5.88 Å². The van der Waals surface area contributed by atoms with E-state index in [-0.39, 0.29) is 0 Å². The summed E-state index contributed by atoms with van der Waals surface area (Å²) in [5.41, 5.74) is 1.47. The molecule has 2 aromatic rings. The molecule has 1 atom stereocenters. The Balaban J connectivity index is 1.79. The minimum absolute atomic E-state index is 0.617. The molecule has 0 saturated carbocycles. The van der Waals surface area contributed by atoms with Crippen LogP contribution in [0.4, 0.5) is 0 Å². The maximum absolute atomic E-state index is 6.07. The van der Waals surface area contributed by atoms with E-state index in [1.54, 1.807) is 6.33 Å². The van der Waals surface area contributed by atoms with E-state index in [9.17, 15) is 0 Å². The third kappa shape index (κ3) is 7.30. The first-order valence-corrected chi connectivity index (χ1v) is 10.6. The summed E-state index contributed by atoms with van der Waals surface area (Å²) < 4.78 is 6.07. The Morgan fingerprint density at radius 1 is 0.846 bits per heavy atom. The van der Waals surface area contributed by atoms with Gasteiger partial charge in [-0.05, 0) is 18.8 Å². The molecule has 1 unspecified atom stereocenters. The topological polar surface area (TPSA) is 63.7 Å². The van der Waals surface area contributed by atoms with E-state index < -0.39 is 0 Å². The fourth-order valence-electron chi connectivity index (χ4n) is 3.43. The minimum atomic E-state index is 0.617. The minimum Gasteiger partial charge on any atom is -0.476 e. The number of hydrogen-bond acceptors (Lipinski definition) is 4. The van der Waals surface area contributed by atoms with Crippen LogP contribution in [0.5, 0.6) is 5.88 Å². The second-order valence-corrected chi connectivity index (χ2v) is 7.36. The van der Waals surface area contributed by atoms with Gasteiger partial charge in [0.25, 0.3) is 0 Å². The van der Waals surface area contributed by atoms with Gasteiger partial charge in [0.2, 0.25) is 5.88 Å². The Labute approximate surface area is 158 Å². The van der Waals surface area contributed by atoms with E-state index in [1.165, 1.54) is 83.4 Å². The SMILES string of the molecule is CCCCCCCCC(CCCCCC)COc1ncnc2nc[nH]c12. The van der Waals surface area contributed by atoms with E-state index in [2.05, 4.69) is 33.8 Å². The maximum atomic E-state index is 6.07. The molecule has 0 aliphatic heterocycles. The summed E-state index contributed by atoms with van der Waals surface area (Å²) >= 11 is 0. The molecule has 0 aromatic carbocycles. The van der Waals surface area contributed by atoms with Crippen molar-refractivity contribution < 1.29 is 4.74 Å². The van der Waals surface area contributed by atoms with Crippen LogP contribution in [0.1, 0.15) is 90.9 Å². The highest BCUT2D eigenvalue weighted by Crippen LogP contribution is 2.22. The van der Waals surface area contributed by atoms with Gasteiger partial charge in [0.1, 0.15) is 11.8 Å². The molecule has 2 heterocycles. The van der Waals surface area contributed by atoms with Crippen LogP contribution in [-0.2, 0) is 0 Å². The Morgan fingerprint density at radius 2 is 1.50 bits per heavy atom. The van der Waals surface area contributed by atoms with Gasteiger partial charge in [0.05, 0.1) is 12.9 Å². The number of ether oxygens (including phenoxy) is 1. The Bertz CT molecular complexity index is 598. The average molecular weight is 361 g/mol. The van der Waals surface area contributed by atoms with E-state index in [0.29, 0.717) is 17.4 Å². The van der Waals surface area contributed by atoms with E-state index in [0.717, 1.165) is 12.1 Å². The number of H-pyrrole nitrogens is 1. The van der Waals surface area contributed by atoms with Crippen LogP contribution in [0.25, 0.3) is 11.2 Å². The van der Waals surface area contributed by atoms with Crippen molar-refractivity contribution in [2.75, 3.05) is 6.61 Å². The van der Waals surface area contributed by atoms with Gasteiger partial charge in [-0.2, -0.15) is 4.98 Å². The summed E-state index contributed by atoms with van der Waals surface area (Å²) in [6.07, 6.45) is 19.1. The fourth-order valence-corrected chi connectivity index (χ4v) is 3.43. The monoisotopic (exact) mass is 360 g/mol. The third-order valence-corrected chi connectivity index (χ3v) is 5.08. The van der Waals surface area contributed by atoms with Gasteiger partial charge < -0.3 is 9.72 Å². The van der Waals surface area contributed by atoms with Gasteiger partial charge in [-0.15, -0.1) is 0 Å². The first kappa shape index (κ1) is 20.7. The van der Waals surface area contributed by atoms with Crippen LogP contribution in [0.2, 0.25) is 0 Å².